The summed E-state index contributed by atoms with van der Waals surface area (Å²) in [5.41, 5.74) is 2.77. The zero-order chi connectivity index (χ0) is 25.5. The third-order valence-corrected chi connectivity index (χ3v) is 5.69. The largest absolute Gasteiger partial charge is 0.483 e. The van der Waals surface area contributed by atoms with Gasteiger partial charge in [-0.3, -0.25) is 19.1 Å². The first kappa shape index (κ1) is 25.3. The zero-order valence-electron chi connectivity index (χ0n) is 18.5. The average molecular weight is 529 g/mol. The van der Waals surface area contributed by atoms with E-state index < -0.39 is 27.7 Å². The van der Waals surface area contributed by atoms with Crippen molar-refractivity contribution < 1.29 is 34.8 Å². The first-order valence-electron chi connectivity index (χ1n) is 10.4. The molecule has 2 atom stereocenters. The molecule has 0 amide bonds. The zero-order valence-corrected chi connectivity index (χ0v) is 20.1. The molecule has 0 spiro atoms. The predicted octanol–water partition coefficient (Wildman–Crippen LogP) is 3.93. The van der Waals surface area contributed by atoms with Crippen molar-refractivity contribution in [1.29, 1.82) is 0 Å². The summed E-state index contributed by atoms with van der Waals surface area (Å²) in [6.45, 7) is 0.0919. The van der Waals surface area contributed by atoms with Gasteiger partial charge in [0.2, 0.25) is 0 Å². The molecule has 4 aromatic rings. The van der Waals surface area contributed by atoms with E-state index in [0.717, 1.165) is 5.56 Å². The molecule has 2 heterocycles. The molecule has 0 fully saturated rings. The first-order valence-corrected chi connectivity index (χ1v) is 12.8. The maximum Gasteiger partial charge on any atom is 0.446 e. The molecule has 0 aliphatic heterocycles. The Morgan fingerprint density at radius 2 is 1.56 bits per heavy atom. The first-order chi connectivity index (χ1) is 17.3. The number of nitrogens with zero attached hydrogens (tertiary/aromatic N) is 2. The van der Waals surface area contributed by atoms with Gasteiger partial charge in [-0.05, 0) is 59.7 Å². The minimum absolute atomic E-state index is 0.0606. The molecule has 2 aromatic heterocycles. The third kappa shape index (κ3) is 6.86. The highest BCUT2D eigenvalue weighted by Crippen LogP contribution is 2.37. The molecule has 186 valence electrons. The SMILES string of the molecule is O=S(O)Oc1ccc(C(c2ccc(OS(=O)(=O)O)cc2)c2ccccn2)cc1OCc1ccccn1. The van der Waals surface area contributed by atoms with Gasteiger partial charge < -0.3 is 13.1 Å². The summed E-state index contributed by atoms with van der Waals surface area (Å²) in [5, 5.41) is 0. The summed E-state index contributed by atoms with van der Waals surface area (Å²) in [6.07, 6.45) is 3.27. The van der Waals surface area contributed by atoms with Gasteiger partial charge in [0.15, 0.2) is 11.5 Å². The van der Waals surface area contributed by atoms with E-state index in [4.69, 9.17) is 13.5 Å². The maximum absolute atomic E-state index is 11.3. The molecule has 0 bridgehead atoms. The van der Waals surface area contributed by atoms with Crippen LogP contribution in [-0.2, 0) is 28.4 Å². The number of hydrogen-bond acceptors (Lipinski definition) is 8. The normalized spacial score (nSPS) is 12.9. The number of hydrogen-bond donors (Lipinski definition) is 2. The fraction of sp³-hybridized carbons (Fsp3) is 0.0833. The van der Waals surface area contributed by atoms with E-state index in [1.165, 1.54) is 18.2 Å². The molecule has 0 saturated heterocycles. The summed E-state index contributed by atoms with van der Waals surface area (Å²) < 4.78 is 67.0. The third-order valence-electron chi connectivity index (χ3n) is 4.96. The summed E-state index contributed by atoms with van der Waals surface area (Å²) in [6, 6.07) is 21.8. The van der Waals surface area contributed by atoms with E-state index in [0.29, 0.717) is 17.0 Å². The Hall–Kier alpha value is -3.84. The van der Waals surface area contributed by atoms with Gasteiger partial charge in [0, 0.05) is 12.4 Å². The van der Waals surface area contributed by atoms with E-state index in [1.54, 1.807) is 54.9 Å². The smallest absolute Gasteiger partial charge is 0.446 e. The second-order valence-electron chi connectivity index (χ2n) is 7.38. The summed E-state index contributed by atoms with van der Waals surface area (Å²) in [4.78, 5) is 8.68. The van der Waals surface area contributed by atoms with Crippen molar-refractivity contribution in [2.24, 2.45) is 0 Å². The number of aromatic nitrogens is 2. The van der Waals surface area contributed by atoms with Crippen molar-refractivity contribution in [1.82, 2.24) is 9.97 Å². The van der Waals surface area contributed by atoms with Crippen LogP contribution in [0.25, 0.3) is 0 Å². The molecule has 2 N–H and O–H groups in total. The van der Waals surface area contributed by atoms with Crippen LogP contribution in [0.3, 0.4) is 0 Å². The number of benzene rings is 2. The number of ether oxygens (including phenoxy) is 1. The van der Waals surface area contributed by atoms with Gasteiger partial charge in [0.05, 0.1) is 17.3 Å². The van der Waals surface area contributed by atoms with E-state index in [-0.39, 0.29) is 23.9 Å². The van der Waals surface area contributed by atoms with E-state index in [2.05, 4.69) is 14.2 Å². The highest BCUT2D eigenvalue weighted by atomic mass is 32.3. The van der Waals surface area contributed by atoms with Gasteiger partial charge in [0.1, 0.15) is 12.4 Å². The van der Waals surface area contributed by atoms with Crippen LogP contribution in [0.4, 0.5) is 0 Å². The number of rotatable bonds is 10. The van der Waals surface area contributed by atoms with Crippen LogP contribution in [0.1, 0.15) is 28.4 Å². The quantitative estimate of drug-likeness (QED) is 0.229. The molecule has 12 heteroatoms. The summed E-state index contributed by atoms with van der Waals surface area (Å²) in [7, 11) is -4.66. The standard InChI is InChI=1S/C24H20N2O8S2/c27-35(28)33-22-12-9-18(15-23(22)32-16-19-5-1-3-13-25-19)24(21-6-2-4-14-26-21)17-7-10-20(11-8-17)34-36(29,30)31/h1-15,24H,16H2,(H,27,28)(H,29,30,31). The molecule has 2 unspecified atom stereocenters. The van der Waals surface area contributed by atoms with Gasteiger partial charge in [-0.2, -0.15) is 12.6 Å². The minimum Gasteiger partial charge on any atom is -0.483 e. The topological polar surface area (TPSA) is 145 Å². The van der Waals surface area contributed by atoms with Crippen LogP contribution in [0.2, 0.25) is 0 Å². The van der Waals surface area contributed by atoms with Crippen LogP contribution in [-0.4, -0.2) is 31.7 Å². The van der Waals surface area contributed by atoms with Crippen molar-refractivity contribution >= 4 is 21.8 Å². The lowest BCUT2D eigenvalue weighted by Crippen LogP contribution is -2.09. The average Bonchev–Trinajstić information content (AvgIpc) is 2.85. The van der Waals surface area contributed by atoms with Crippen LogP contribution in [0.15, 0.2) is 91.3 Å². The second-order valence-corrected chi connectivity index (χ2v) is 9.01. The second kappa shape index (κ2) is 11.3. The van der Waals surface area contributed by atoms with Crippen molar-refractivity contribution in [3.63, 3.8) is 0 Å². The fourth-order valence-corrected chi connectivity index (χ4v) is 4.16. The van der Waals surface area contributed by atoms with Gasteiger partial charge in [-0.15, -0.1) is 0 Å². The van der Waals surface area contributed by atoms with Gasteiger partial charge in [-0.25, -0.2) is 0 Å². The molecule has 36 heavy (non-hydrogen) atoms. The van der Waals surface area contributed by atoms with E-state index >= 15 is 0 Å². The highest BCUT2D eigenvalue weighted by Gasteiger charge is 2.21. The maximum atomic E-state index is 11.3. The predicted molar refractivity (Wildman–Crippen MR) is 130 cm³/mol. The van der Waals surface area contributed by atoms with Crippen molar-refractivity contribution in [3.05, 3.63) is 114 Å². The molecule has 4 rings (SSSR count). The Balaban J connectivity index is 1.73. The van der Waals surface area contributed by atoms with E-state index in [9.17, 15) is 17.2 Å². The Bertz CT molecular complexity index is 1430. The van der Waals surface area contributed by atoms with Crippen LogP contribution in [0.5, 0.6) is 17.2 Å². The highest BCUT2D eigenvalue weighted by molar-refractivity contribution is 7.81. The Morgan fingerprint density at radius 1 is 0.861 bits per heavy atom. The lowest BCUT2D eigenvalue weighted by Gasteiger charge is -2.20. The van der Waals surface area contributed by atoms with Crippen LogP contribution < -0.4 is 13.1 Å². The van der Waals surface area contributed by atoms with Crippen LogP contribution in [0, 0.1) is 0 Å². The van der Waals surface area contributed by atoms with E-state index in [1.807, 2.05) is 18.2 Å². The lowest BCUT2D eigenvalue weighted by molar-refractivity contribution is 0.291. The minimum atomic E-state index is -4.66. The van der Waals surface area contributed by atoms with Crippen molar-refractivity contribution in [2.45, 2.75) is 12.5 Å². The molecule has 0 saturated carbocycles. The number of pyridine rings is 2. The molecule has 2 aromatic carbocycles. The Labute approximate surface area is 210 Å². The molecule has 10 nitrogen and oxygen atoms in total. The molecule has 0 aliphatic rings. The van der Waals surface area contributed by atoms with Gasteiger partial charge >= 0.3 is 21.8 Å². The molecular formula is C24H20N2O8S2. The van der Waals surface area contributed by atoms with Crippen molar-refractivity contribution in [3.8, 4) is 17.2 Å². The van der Waals surface area contributed by atoms with Gasteiger partial charge in [0.25, 0.3) is 0 Å². The van der Waals surface area contributed by atoms with Gasteiger partial charge in [-0.1, -0.05) is 30.3 Å². The Morgan fingerprint density at radius 3 is 2.17 bits per heavy atom. The van der Waals surface area contributed by atoms with Crippen molar-refractivity contribution in [2.75, 3.05) is 0 Å². The summed E-state index contributed by atoms with van der Waals surface area (Å²) in [5.74, 6) is -0.216. The fourth-order valence-electron chi connectivity index (χ4n) is 3.52. The monoisotopic (exact) mass is 528 g/mol. The summed E-state index contributed by atoms with van der Waals surface area (Å²) >= 11 is -2.57. The lowest BCUT2D eigenvalue weighted by atomic mass is 9.88. The molecular weight excluding hydrogens is 508 g/mol. The van der Waals surface area contributed by atoms with Crippen LogP contribution >= 0.6 is 0 Å². The Kier molecular flexibility index (Phi) is 7.90. The molecule has 0 aliphatic carbocycles. The molecule has 0 radical (unpaired) electrons.